The lowest BCUT2D eigenvalue weighted by Crippen LogP contribution is -2.29. The van der Waals surface area contributed by atoms with E-state index in [9.17, 15) is 19.2 Å². The van der Waals surface area contributed by atoms with Gasteiger partial charge in [-0.3, -0.25) is 19.2 Å². The Morgan fingerprint density at radius 1 is 0.727 bits per heavy atom. The van der Waals surface area contributed by atoms with Crippen molar-refractivity contribution < 1.29 is 28.7 Å². The van der Waals surface area contributed by atoms with E-state index in [1.165, 1.54) is 0 Å². The highest BCUT2D eigenvalue weighted by Crippen LogP contribution is 2.38. The van der Waals surface area contributed by atoms with E-state index >= 15 is 0 Å². The first-order valence-corrected chi connectivity index (χ1v) is 6.87. The molecular weight excluding hydrogens is 288 g/mol. The van der Waals surface area contributed by atoms with Crippen LogP contribution in [0.2, 0.25) is 0 Å². The summed E-state index contributed by atoms with van der Waals surface area (Å²) in [6.45, 7) is 3.29. The number of benzene rings is 1. The van der Waals surface area contributed by atoms with Crippen molar-refractivity contribution in [1.82, 2.24) is 0 Å². The van der Waals surface area contributed by atoms with Crippen LogP contribution in [0.1, 0.15) is 37.8 Å². The summed E-state index contributed by atoms with van der Waals surface area (Å²) in [5.41, 5.74) is -0.757. The van der Waals surface area contributed by atoms with Crippen LogP contribution in [0.25, 0.3) is 0 Å². The molecule has 0 amide bonds. The molecule has 3 rings (SSSR count). The molecular formula is C16H14O6. The van der Waals surface area contributed by atoms with E-state index in [1.807, 2.05) is 0 Å². The summed E-state index contributed by atoms with van der Waals surface area (Å²) in [5, 5.41) is 0. The van der Waals surface area contributed by atoms with Gasteiger partial charge in [-0.2, -0.15) is 0 Å². The van der Waals surface area contributed by atoms with Crippen molar-refractivity contribution in [3.63, 3.8) is 0 Å². The molecule has 0 N–H and O–H groups in total. The highest BCUT2D eigenvalue weighted by atomic mass is 16.6. The van der Waals surface area contributed by atoms with E-state index in [-0.39, 0.29) is 12.8 Å². The Balaban J connectivity index is 1.94. The molecule has 2 aliphatic rings. The molecule has 2 saturated heterocycles. The average molecular weight is 302 g/mol. The van der Waals surface area contributed by atoms with Crippen LogP contribution in [0, 0.1) is 0 Å². The summed E-state index contributed by atoms with van der Waals surface area (Å²) in [7, 11) is 0. The van der Waals surface area contributed by atoms with E-state index in [2.05, 4.69) is 9.47 Å². The van der Waals surface area contributed by atoms with E-state index in [0.29, 0.717) is 11.1 Å². The molecule has 2 atom stereocenters. The number of cyclic esters (lactones) is 4. The summed E-state index contributed by atoms with van der Waals surface area (Å²) in [4.78, 5) is 46.3. The molecule has 0 saturated carbocycles. The van der Waals surface area contributed by atoms with Gasteiger partial charge >= 0.3 is 23.9 Å². The topological polar surface area (TPSA) is 86.7 Å². The van der Waals surface area contributed by atoms with Crippen molar-refractivity contribution in [2.75, 3.05) is 0 Å². The third kappa shape index (κ3) is 1.94. The zero-order valence-electron chi connectivity index (χ0n) is 12.2. The lowest BCUT2D eigenvalue weighted by Gasteiger charge is -2.22. The normalized spacial score (nSPS) is 31.4. The predicted molar refractivity (Wildman–Crippen MR) is 72.6 cm³/mol. The third-order valence-electron chi connectivity index (χ3n) is 4.47. The first kappa shape index (κ1) is 14.4. The van der Waals surface area contributed by atoms with Gasteiger partial charge in [0, 0.05) is 0 Å². The fourth-order valence-electron chi connectivity index (χ4n) is 2.87. The molecule has 22 heavy (non-hydrogen) atoms. The average Bonchev–Trinajstić information content (AvgIpc) is 2.87. The number of ether oxygens (including phenoxy) is 2. The first-order valence-electron chi connectivity index (χ1n) is 6.87. The van der Waals surface area contributed by atoms with E-state index in [1.54, 1.807) is 38.1 Å². The van der Waals surface area contributed by atoms with Crippen LogP contribution < -0.4 is 0 Å². The number of hydrogen-bond donors (Lipinski definition) is 0. The Bertz CT molecular complexity index is 643. The summed E-state index contributed by atoms with van der Waals surface area (Å²) in [5.74, 6) is -2.25. The number of carbonyl (C=O) groups is 4. The Kier molecular flexibility index (Phi) is 2.95. The van der Waals surface area contributed by atoms with Crippen LogP contribution >= 0.6 is 0 Å². The van der Waals surface area contributed by atoms with Gasteiger partial charge in [-0.25, -0.2) is 0 Å². The summed E-state index contributed by atoms with van der Waals surface area (Å²) in [6.07, 6.45) is -0.0219. The minimum atomic E-state index is -1.01. The van der Waals surface area contributed by atoms with Crippen molar-refractivity contribution in [2.24, 2.45) is 0 Å². The standard InChI is InChI=1S/C16H14O6/c1-15(7-11(17)21-13(15)19)9-3-5-10(6-4-9)16(2)8-12(18)22-14(16)20/h3-6H,7-8H2,1-2H3. The predicted octanol–water partition coefficient (Wildman–Crippen LogP) is 1.15. The van der Waals surface area contributed by atoms with Gasteiger partial charge in [0.1, 0.15) is 10.8 Å². The molecule has 0 aliphatic carbocycles. The van der Waals surface area contributed by atoms with Crippen LogP contribution in [-0.2, 0) is 39.5 Å². The summed E-state index contributed by atoms with van der Waals surface area (Å²) in [6, 6.07) is 6.71. The van der Waals surface area contributed by atoms with Crippen molar-refractivity contribution in [3.05, 3.63) is 35.4 Å². The second-order valence-corrected chi connectivity index (χ2v) is 6.12. The monoisotopic (exact) mass is 302 g/mol. The number of rotatable bonds is 2. The molecule has 2 unspecified atom stereocenters. The minimum Gasteiger partial charge on any atom is -0.392 e. The molecule has 6 nitrogen and oxygen atoms in total. The maximum atomic E-state index is 11.8. The largest absolute Gasteiger partial charge is 0.392 e. The van der Waals surface area contributed by atoms with Gasteiger partial charge in [0.05, 0.1) is 12.8 Å². The van der Waals surface area contributed by atoms with Crippen LogP contribution in [0.15, 0.2) is 24.3 Å². The molecule has 114 valence electrons. The molecule has 2 aliphatic heterocycles. The minimum absolute atomic E-state index is 0.0109. The third-order valence-corrected chi connectivity index (χ3v) is 4.47. The zero-order valence-corrected chi connectivity index (χ0v) is 12.2. The molecule has 1 aromatic rings. The molecule has 6 heteroatoms. The maximum absolute atomic E-state index is 11.8. The van der Waals surface area contributed by atoms with E-state index in [4.69, 9.17) is 0 Å². The molecule has 0 bridgehead atoms. The molecule has 2 heterocycles. The Morgan fingerprint density at radius 3 is 1.27 bits per heavy atom. The van der Waals surface area contributed by atoms with Crippen LogP contribution in [-0.4, -0.2) is 23.9 Å². The van der Waals surface area contributed by atoms with Crippen molar-refractivity contribution in [1.29, 1.82) is 0 Å². The lowest BCUT2D eigenvalue weighted by molar-refractivity contribution is -0.155. The van der Waals surface area contributed by atoms with Crippen LogP contribution in [0.3, 0.4) is 0 Å². The van der Waals surface area contributed by atoms with E-state index < -0.39 is 34.7 Å². The SMILES string of the molecule is CC1(c2ccc(C3(C)CC(=O)OC3=O)cc2)CC(=O)OC1=O. The molecule has 0 radical (unpaired) electrons. The smallest absolute Gasteiger partial charge is 0.324 e. The maximum Gasteiger partial charge on any atom is 0.324 e. The van der Waals surface area contributed by atoms with E-state index in [0.717, 1.165) is 0 Å². The first-order chi connectivity index (χ1) is 10.3. The number of hydrogen-bond acceptors (Lipinski definition) is 6. The van der Waals surface area contributed by atoms with Gasteiger partial charge in [-0.15, -0.1) is 0 Å². The molecule has 0 spiro atoms. The fraction of sp³-hybridized carbons (Fsp3) is 0.375. The molecule has 0 aromatic heterocycles. The zero-order chi connectivity index (χ0) is 16.1. The van der Waals surface area contributed by atoms with Gasteiger partial charge in [0.25, 0.3) is 0 Å². The Labute approximate surface area is 126 Å². The van der Waals surface area contributed by atoms with Crippen molar-refractivity contribution >= 4 is 23.9 Å². The van der Waals surface area contributed by atoms with Gasteiger partial charge in [-0.1, -0.05) is 24.3 Å². The van der Waals surface area contributed by atoms with Crippen molar-refractivity contribution in [3.8, 4) is 0 Å². The van der Waals surface area contributed by atoms with Crippen LogP contribution in [0.4, 0.5) is 0 Å². The quantitative estimate of drug-likeness (QED) is 0.601. The van der Waals surface area contributed by atoms with Gasteiger partial charge in [0.2, 0.25) is 0 Å². The highest BCUT2D eigenvalue weighted by Gasteiger charge is 2.48. The summed E-state index contributed by atoms with van der Waals surface area (Å²) >= 11 is 0. The van der Waals surface area contributed by atoms with Gasteiger partial charge in [-0.05, 0) is 25.0 Å². The molecule has 1 aromatic carbocycles. The highest BCUT2D eigenvalue weighted by molar-refractivity contribution is 6.02. The fourth-order valence-corrected chi connectivity index (χ4v) is 2.87. The number of esters is 4. The second-order valence-electron chi connectivity index (χ2n) is 6.12. The number of carbonyl (C=O) groups excluding carboxylic acids is 4. The van der Waals surface area contributed by atoms with Gasteiger partial charge in [0.15, 0.2) is 0 Å². The summed E-state index contributed by atoms with van der Waals surface area (Å²) < 4.78 is 9.23. The lowest BCUT2D eigenvalue weighted by atomic mass is 9.77. The van der Waals surface area contributed by atoms with Crippen molar-refractivity contribution in [2.45, 2.75) is 37.5 Å². The molecule has 2 fully saturated rings. The Morgan fingerprint density at radius 2 is 1.05 bits per heavy atom. The van der Waals surface area contributed by atoms with Gasteiger partial charge < -0.3 is 9.47 Å². The second kappa shape index (κ2) is 4.50. The Hall–Kier alpha value is -2.50. The van der Waals surface area contributed by atoms with Crippen LogP contribution in [0.5, 0.6) is 0 Å².